The van der Waals surface area contributed by atoms with Crippen molar-refractivity contribution in [2.75, 3.05) is 6.61 Å². The third-order valence-electron chi connectivity index (χ3n) is 7.80. The molecule has 1 N–H and O–H groups in total. The van der Waals surface area contributed by atoms with Gasteiger partial charge >= 0.3 is 7.32 Å². The van der Waals surface area contributed by atoms with Crippen LogP contribution < -0.4 is 5.19 Å². The largest absolute Gasteiger partial charge is 0.625 e. The third kappa shape index (κ3) is 10.7. The van der Waals surface area contributed by atoms with Crippen molar-refractivity contribution in [3.8, 4) is 0 Å². The van der Waals surface area contributed by atoms with Gasteiger partial charge in [0.1, 0.15) is 0 Å². The van der Waals surface area contributed by atoms with E-state index in [1.54, 1.807) is 0 Å². The first kappa shape index (κ1) is 31.4. The van der Waals surface area contributed by atoms with E-state index in [9.17, 15) is 5.02 Å². The molecule has 0 saturated heterocycles. The van der Waals surface area contributed by atoms with Crippen LogP contribution in [-0.4, -0.2) is 27.3 Å². The zero-order valence-electron chi connectivity index (χ0n) is 24.3. The summed E-state index contributed by atoms with van der Waals surface area (Å²) >= 11 is 0. The lowest BCUT2D eigenvalue weighted by Gasteiger charge is -2.33. The van der Waals surface area contributed by atoms with Crippen molar-refractivity contribution < 1.29 is 14.0 Å². The van der Waals surface area contributed by atoms with Gasteiger partial charge in [-0.05, 0) is 41.2 Å². The van der Waals surface area contributed by atoms with E-state index in [2.05, 4.69) is 105 Å². The van der Waals surface area contributed by atoms with Gasteiger partial charge in [0, 0.05) is 12.5 Å². The third-order valence-corrected chi connectivity index (χ3v) is 12.2. The lowest BCUT2D eigenvalue weighted by molar-refractivity contribution is 0.186. The molecule has 0 spiro atoms. The van der Waals surface area contributed by atoms with Gasteiger partial charge in [-0.1, -0.05) is 156 Å². The van der Waals surface area contributed by atoms with Crippen LogP contribution in [0, 0.1) is 0 Å². The highest BCUT2D eigenvalue weighted by molar-refractivity contribution is 6.89. The maximum absolute atomic E-state index is 10.8. The molecule has 210 valence electrons. The van der Waals surface area contributed by atoms with Crippen LogP contribution in [0.1, 0.15) is 95.1 Å². The van der Waals surface area contributed by atoms with Gasteiger partial charge in [-0.3, -0.25) is 0 Å². The molecule has 3 rings (SSSR count). The number of unbranched alkanes of at least 4 members (excludes halogenated alkanes) is 6. The van der Waals surface area contributed by atoms with Crippen molar-refractivity contribution in [1.29, 1.82) is 0 Å². The fraction of sp³-hybridized carbons (Fsp3) is 0.471. The molecule has 0 fully saturated rings. The van der Waals surface area contributed by atoms with E-state index in [1.807, 2.05) is 0 Å². The van der Waals surface area contributed by atoms with Crippen molar-refractivity contribution in [3.05, 3.63) is 102 Å². The Balaban J connectivity index is 1.41. The summed E-state index contributed by atoms with van der Waals surface area (Å²) in [6.07, 6.45) is 11.3. The van der Waals surface area contributed by atoms with Crippen LogP contribution >= 0.6 is 0 Å². The molecular weight excluding hydrogens is 495 g/mol. The molecule has 0 heterocycles. The van der Waals surface area contributed by atoms with Crippen molar-refractivity contribution in [3.63, 3.8) is 0 Å². The number of rotatable bonds is 20. The zero-order chi connectivity index (χ0) is 27.6. The molecule has 0 saturated carbocycles. The molecular formula is C34H49BO3Si. The summed E-state index contributed by atoms with van der Waals surface area (Å²) in [4.78, 5) is 0. The number of hydrogen-bond acceptors (Lipinski definition) is 3. The number of benzene rings is 3. The van der Waals surface area contributed by atoms with E-state index in [-0.39, 0.29) is 0 Å². The Labute approximate surface area is 239 Å². The van der Waals surface area contributed by atoms with Gasteiger partial charge in [-0.2, -0.15) is 0 Å². The van der Waals surface area contributed by atoms with E-state index < -0.39 is 15.6 Å². The van der Waals surface area contributed by atoms with Crippen molar-refractivity contribution in [1.82, 2.24) is 0 Å². The highest BCUT2D eigenvalue weighted by atomic mass is 28.4. The average molecular weight is 545 g/mol. The van der Waals surface area contributed by atoms with Gasteiger partial charge < -0.3 is 14.0 Å². The molecule has 0 bridgehead atoms. The minimum atomic E-state index is -2.30. The monoisotopic (exact) mass is 544 g/mol. The summed E-state index contributed by atoms with van der Waals surface area (Å²) in [6, 6.07) is 34.4. The second-order valence-corrected chi connectivity index (χ2v) is 14.6. The molecule has 0 atom stereocenters. The molecule has 0 unspecified atom stereocenters. The summed E-state index contributed by atoms with van der Waals surface area (Å²) in [5.41, 5.74) is 2.80. The first-order valence-corrected chi connectivity index (χ1v) is 17.6. The SMILES string of the molecule is CCCC[Si](CCCC)(OB(O)OCCCCCCCC(c1ccccc1)c1ccccc1)c1ccccc1. The van der Waals surface area contributed by atoms with E-state index >= 15 is 0 Å². The quantitative estimate of drug-likeness (QED) is 0.114. The van der Waals surface area contributed by atoms with E-state index in [0.29, 0.717) is 12.5 Å². The molecule has 0 aliphatic heterocycles. The Morgan fingerprint density at radius 1 is 0.641 bits per heavy atom. The predicted octanol–water partition coefficient (Wildman–Crippen LogP) is 8.62. The summed E-state index contributed by atoms with van der Waals surface area (Å²) in [6.45, 7) is 4.99. The Morgan fingerprint density at radius 3 is 1.67 bits per heavy atom. The van der Waals surface area contributed by atoms with Gasteiger partial charge in [0.25, 0.3) is 0 Å². The normalized spacial score (nSPS) is 11.7. The van der Waals surface area contributed by atoms with E-state index in [1.165, 1.54) is 42.0 Å². The highest BCUT2D eigenvalue weighted by Gasteiger charge is 2.40. The highest BCUT2D eigenvalue weighted by Crippen LogP contribution is 2.30. The lowest BCUT2D eigenvalue weighted by Crippen LogP contribution is -2.54. The molecule has 3 nitrogen and oxygen atoms in total. The first-order chi connectivity index (χ1) is 19.2. The summed E-state index contributed by atoms with van der Waals surface area (Å²) < 4.78 is 12.3. The molecule has 5 heteroatoms. The van der Waals surface area contributed by atoms with Crippen LogP contribution in [0.25, 0.3) is 0 Å². The molecule has 0 amide bonds. The molecule has 0 radical (unpaired) electrons. The second-order valence-electron chi connectivity index (χ2n) is 10.8. The van der Waals surface area contributed by atoms with Gasteiger partial charge in [-0.15, -0.1) is 0 Å². The van der Waals surface area contributed by atoms with Crippen LogP contribution in [0.2, 0.25) is 12.1 Å². The van der Waals surface area contributed by atoms with Crippen molar-refractivity contribution in [2.45, 2.75) is 96.1 Å². The van der Waals surface area contributed by atoms with Crippen molar-refractivity contribution in [2.24, 2.45) is 0 Å². The Bertz CT molecular complexity index is 955. The van der Waals surface area contributed by atoms with Gasteiger partial charge in [-0.25, -0.2) is 0 Å². The molecule has 3 aromatic rings. The maximum atomic E-state index is 10.8. The second kappa shape index (κ2) is 18.2. The lowest BCUT2D eigenvalue weighted by atomic mass is 9.87. The van der Waals surface area contributed by atoms with Crippen LogP contribution in [0.3, 0.4) is 0 Å². The van der Waals surface area contributed by atoms with E-state index in [0.717, 1.165) is 50.6 Å². The minimum absolute atomic E-state index is 0.456. The topological polar surface area (TPSA) is 38.7 Å². The molecule has 0 aromatic heterocycles. The fourth-order valence-corrected chi connectivity index (χ4v) is 9.86. The van der Waals surface area contributed by atoms with Crippen LogP contribution in [0.4, 0.5) is 0 Å². The molecule has 39 heavy (non-hydrogen) atoms. The van der Waals surface area contributed by atoms with Crippen LogP contribution in [0.5, 0.6) is 0 Å². The maximum Gasteiger partial charge on any atom is 0.625 e. The number of hydrogen-bond donors (Lipinski definition) is 1. The van der Waals surface area contributed by atoms with Gasteiger partial charge in [0.2, 0.25) is 8.32 Å². The Hall–Kier alpha value is -2.18. The van der Waals surface area contributed by atoms with Crippen molar-refractivity contribution >= 4 is 20.8 Å². The van der Waals surface area contributed by atoms with Crippen LogP contribution in [-0.2, 0) is 9.00 Å². The Kier molecular flexibility index (Phi) is 14.6. The fourth-order valence-electron chi connectivity index (χ4n) is 5.55. The van der Waals surface area contributed by atoms with Crippen LogP contribution in [0.15, 0.2) is 91.0 Å². The average Bonchev–Trinajstić information content (AvgIpc) is 2.99. The Morgan fingerprint density at radius 2 is 1.13 bits per heavy atom. The molecule has 3 aromatic carbocycles. The minimum Gasteiger partial charge on any atom is -0.424 e. The van der Waals surface area contributed by atoms with Gasteiger partial charge in [0.15, 0.2) is 0 Å². The van der Waals surface area contributed by atoms with E-state index in [4.69, 9.17) is 9.00 Å². The standard InChI is InChI=1S/C34H49BO3Si/c1-3-5-29-39(30-6-4-2,33-25-17-12-18-26-33)38-35(36)37-28-20-9-7-8-19-27-34(31-21-13-10-14-22-31)32-23-15-11-16-24-32/h10-18,21-26,34,36H,3-9,19-20,27-30H2,1-2H3. The molecule has 0 aliphatic carbocycles. The zero-order valence-corrected chi connectivity index (χ0v) is 25.3. The summed E-state index contributed by atoms with van der Waals surface area (Å²) in [5, 5.41) is 12.0. The molecule has 0 aliphatic rings. The summed E-state index contributed by atoms with van der Waals surface area (Å²) in [7, 11) is -3.44. The van der Waals surface area contributed by atoms with Gasteiger partial charge in [0.05, 0.1) is 0 Å². The smallest absolute Gasteiger partial charge is 0.424 e. The first-order valence-electron chi connectivity index (χ1n) is 15.3. The summed E-state index contributed by atoms with van der Waals surface area (Å²) in [5.74, 6) is 0.456. The predicted molar refractivity (Wildman–Crippen MR) is 169 cm³/mol.